The van der Waals surface area contributed by atoms with E-state index in [-0.39, 0.29) is 11.6 Å². The lowest BCUT2D eigenvalue weighted by atomic mass is 9.80. The third-order valence-electron chi connectivity index (χ3n) is 11.9. The molecule has 0 saturated heterocycles. The number of hydrogen-bond donors (Lipinski definition) is 1. The predicted molar refractivity (Wildman–Crippen MR) is 235 cm³/mol. The average molecular weight is 735 g/mol. The zero-order valence-corrected chi connectivity index (χ0v) is 32.1. The first-order valence-corrected chi connectivity index (χ1v) is 20.2. The van der Waals surface area contributed by atoms with E-state index in [4.69, 9.17) is 4.99 Å². The highest BCUT2D eigenvalue weighted by molar-refractivity contribution is 7.17. The summed E-state index contributed by atoms with van der Waals surface area (Å²) >= 11 is 1.81. The van der Waals surface area contributed by atoms with Gasteiger partial charge in [-0.3, -0.25) is 4.99 Å². The van der Waals surface area contributed by atoms with E-state index < -0.39 is 0 Å². The molecule has 11 rings (SSSR count). The third-order valence-corrected chi connectivity index (χ3v) is 13.1. The molecule has 8 aromatic carbocycles. The van der Waals surface area contributed by atoms with Crippen molar-refractivity contribution in [1.29, 1.82) is 0 Å². The number of rotatable bonds is 5. The fourth-order valence-corrected chi connectivity index (χ4v) is 10.2. The Morgan fingerprint density at radius 1 is 0.500 bits per heavy atom. The molecule has 2 aliphatic rings. The van der Waals surface area contributed by atoms with Gasteiger partial charge in [-0.05, 0) is 108 Å². The van der Waals surface area contributed by atoms with Gasteiger partial charge in [0.05, 0.1) is 15.6 Å². The molecule has 2 heterocycles. The van der Waals surface area contributed by atoms with Crippen LogP contribution in [0.4, 0.5) is 0 Å². The smallest absolute Gasteiger partial charge is 0.145 e. The van der Waals surface area contributed by atoms with Crippen LogP contribution >= 0.6 is 11.3 Å². The van der Waals surface area contributed by atoms with Crippen LogP contribution < -0.4 is 15.2 Å². The minimum Gasteiger partial charge on any atom is -0.358 e. The number of benzene rings is 8. The molecule has 266 valence electrons. The SMILES string of the molecule is CC1(C)c2cc(-c3cccc(-c4cccc(C5=c6sc7ccccc7c6=NC(c6ccccc6)N5)c4)c3)ccc2-c2c1cc1ccccc1c2-c1ccccc1. The fourth-order valence-electron chi connectivity index (χ4n) is 9.06. The first-order chi connectivity index (χ1) is 27.5. The second kappa shape index (κ2) is 12.8. The zero-order chi connectivity index (χ0) is 37.4. The minimum absolute atomic E-state index is 0.153. The fraction of sp³-hybridized carbons (Fsp3) is 0.0755. The Kier molecular flexibility index (Phi) is 7.49. The van der Waals surface area contributed by atoms with Crippen molar-refractivity contribution in [3.8, 4) is 44.5 Å². The van der Waals surface area contributed by atoms with E-state index in [2.05, 4.69) is 201 Å². The topological polar surface area (TPSA) is 24.4 Å². The largest absolute Gasteiger partial charge is 0.358 e. The van der Waals surface area contributed by atoms with Crippen LogP contribution in [-0.4, -0.2) is 0 Å². The van der Waals surface area contributed by atoms with E-state index in [0.717, 1.165) is 22.2 Å². The van der Waals surface area contributed by atoms with Crippen LogP contribution in [0.25, 0.3) is 71.1 Å². The first-order valence-electron chi connectivity index (χ1n) is 19.4. The van der Waals surface area contributed by atoms with E-state index in [0.29, 0.717) is 0 Å². The molecular formula is C53H38N2S. The molecule has 0 amide bonds. The average Bonchev–Trinajstić information content (AvgIpc) is 3.74. The van der Waals surface area contributed by atoms with Crippen molar-refractivity contribution in [2.75, 3.05) is 0 Å². The van der Waals surface area contributed by atoms with Crippen LogP contribution in [0.3, 0.4) is 0 Å². The maximum absolute atomic E-state index is 5.27. The maximum Gasteiger partial charge on any atom is 0.145 e. The van der Waals surface area contributed by atoms with Crippen LogP contribution in [0, 0.1) is 0 Å². The van der Waals surface area contributed by atoms with E-state index >= 15 is 0 Å². The molecule has 1 aromatic heterocycles. The van der Waals surface area contributed by atoms with Crippen molar-refractivity contribution >= 4 is 37.9 Å². The molecule has 3 heteroatoms. The Balaban J connectivity index is 1.01. The molecule has 1 aliphatic carbocycles. The van der Waals surface area contributed by atoms with Gasteiger partial charge in [0, 0.05) is 15.5 Å². The van der Waals surface area contributed by atoms with Gasteiger partial charge in [-0.2, -0.15) is 0 Å². The van der Waals surface area contributed by atoms with Gasteiger partial charge < -0.3 is 5.32 Å². The Bertz CT molecular complexity index is 3140. The van der Waals surface area contributed by atoms with Crippen molar-refractivity contribution in [2.24, 2.45) is 4.99 Å². The molecule has 1 aliphatic heterocycles. The lowest BCUT2D eigenvalue weighted by Gasteiger charge is -2.23. The van der Waals surface area contributed by atoms with Crippen molar-refractivity contribution in [2.45, 2.75) is 25.4 Å². The molecule has 1 atom stereocenters. The summed E-state index contributed by atoms with van der Waals surface area (Å²) in [6.07, 6.45) is -0.166. The number of nitrogens with one attached hydrogen (secondary N) is 1. The highest BCUT2D eigenvalue weighted by atomic mass is 32.1. The normalized spacial score (nSPS) is 15.2. The van der Waals surface area contributed by atoms with E-state index in [1.165, 1.54) is 81.0 Å². The number of fused-ring (bicyclic) bond motifs is 7. The van der Waals surface area contributed by atoms with E-state index in [1.807, 2.05) is 11.3 Å². The molecule has 0 spiro atoms. The molecule has 0 fully saturated rings. The first kappa shape index (κ1) is 32.8. The number of thiophene rings is 1. The third kappa shape index (κ3) is 5.19. The molecule has 56 heavy (non-hydrogen) atoms. The van der Waals surface area contributed by atoms with Crippen molar-refractivity contribution in [3.63, 3.8) is 0 Å². The van der Waals surface area contributed by atoms with Crippen LogP contribution in [0.5, 0.6) is 0 Å². The van der Waals surface area contributed by atoms with Gasteiger partial charge in [0.15, 0.2) is 0 Å². The summed E-state index contributed by atoms with van der Waals surface area (Å²) in [6, 6.07) is 66.5. The van der Waals surface area contributed by atoms with Gasteiger partial charge in [0.2, 0.25) is 0 Å². The standard InChI is InChI=1S/C53H38N2S/c1-53(2)44-31-38(27-28-42(44)48-45(53)32-39-19-9-10-24-41(39)47(48)33-15-5-3-6-16-33)36-21-13-20-35(29-36)37-22-14-23-40(30-37)49-51-50(43-25-11-12-26-46(43)56-51)55-52(54-49)34-17-7-4-8-18-34/h3-32,52,54H,1-2H3. The maximum atomic E-state index is 5.27. The van der Waals surface area contributed by atoms with Gasteiger partial charge in [0.1, 0.15) is 6.17 Å². The summed E-state index contributed by atoms with van der Waals surface area (Å²) < 4.78 is 2.44. The second-order valence-corrected chi connectivity index (χ2v) is 16.6. The second-order valence-electron chi connectivity index (χ2n) is 15.5. The summed E-state index contributed by atoms with van der Waals surface area (Å²) in [4.78, 5) is 5.27. The molecule has 1 unspecified atom stereocenters. The molecule has 9 aromatic rings. The summed E-state index contributed by atoms with van der Waals surface area (Å²) in [5.41, 5.74) is 16.2. The summed E-state index contributed by atoms with van der Waals surface area (Å²) in [5.74, 6) is 0. The van der Waals surface area contributed by atoms with Gasteiger partial charge in [-0.15, -0.1) is 11.3 Å². The molecule has 0 saturated carbocycles. The van der Waals surface area contributed by atoms with Gasteiger partial charge in [-0.25, -0.2) is 0 Å². The van der Waals surface area contributed by atoms with Crippen LogP contribution in [-0.2, 0) is 5.41 Å². The summed E-state index contributed by atoms with van der Waals surface area (Å²) in [7, 11) is 0. The van der Waals surface area contributed by atoms with Crippen molar-refractivity contribution in [1.82, 2.24) is 5.32 Å². The van der Waals surface area contributed by atoms with Crippen LogP contribution in [0.2, 0.25) is 0 Å². The quantitative estimate of drug-likeness (QED) is 0.187. The van der Waals surface area contributed by atoms with Crippen molar-refractivity contribution < 1.29 is 0 Å². The Hall–Kier alpha value is -6.55. The minimum atomic E-state index is -0.166. The van der Waals surface area contributed by atoms with Crippen LogP contribution in [0.1, 0.15) is 42.3 Å². The van der Waals surface area contributed by atoms with Gasteiger partial charge >= 0.3 is 0 Å². The molecular weight excluding hydrogens is 697 g/mol. The Labute approximate surface area is 330 Å². The number of hydrogen-bond acceptors (Lipinski definition) is 3. The molecule has 0 bridgehead atoms. The Morgan fingerprint density at radius 3 is 1.88 bits per heavy atom. The monoisotopic (exact) mass is 734 g/mol. The molecule has 1 N–H and O–H groups in total. The van der Waals surface area contributed by atoms with E-state index in [9.17, 15) is 0 Å². The summed E-state index contributed by atoms with van der Waals surface area (Å²) in [5, 5.41) is 8.72. The summed E-state index contributed by atoms with van der Waals surface area (Å²) in [6.45, 7) is 4.78. The lowest BCUT2D eigenvalue weighted by molar-refractivity contribution is 0.639. The molecule has 0 radical (unpaired) electrons. The predicted octanol–water partition coefficient (Wildman–Crippen LogP) is 12.4. The van der Waals surface area contributed by atoms with Crippen molar-refractivity contribution in [3.05, 3.63) is 214 Å². The zero-order valence-electron chi connectivity index (χ0n) is 31.3. The van der Waals surface area contributed by atoms with Gasteiger partial charge in [-0.1, -0.05) is 166 Å². The number of nitrogens with zero attached hydrogens (tertiary/aromatic N) is 1. The Morgan fingerprint density at radius 2 is 1.11 bits per heavy atom. The highest BCUT2D eigenvalue weighted by Crippen LogP contribution is 2.55. The van der Waals surface area contributed by atoms with Gasteiger partial charge in [0.25, 0.3) is 0 Å². The molecule has 2 nitrogen and oxygen atoms in total. The van der Waals surface area contributed by atoms with Crippen LogP contribution in [0.15, 0.2) is 187 Å². The van der Waals surface area contributed by atoms with E-state index in [1.54, 1.807) is 0 Å². The highest BCUT2D eigenvalue weighted by Gasteiger charge is 2.38. The lowest BCUT2D eigenvalue weighted by Crippen LogP contribution is -2.37.